The van der Waals surface area contributed by atoms with Crippen molar-refractivity contribution in [3.8, 4) is 11.1 Å². The van der Waals surface area contributed by atoms with Crippen LogP contribution in [0.1, 0.15) is 33.3 Å². The van der Waals surface area contributed by atoms with Crippen LogP contribution in [0.15, 0.2) is 48.8 Å². The second kappa shape index (κ2) is 11.4. The van der Waals surface area contributed by atoms with Crippen molar-refractivity contribution in [2.24, 2.45) is 0 Å². The number of hydrogen-bond donors (Lipinski definition) is 1. The zero-order valence-electron chi connectivity index (χ0n) is 12.8. The van der Waals surface area contributed by atoms with Gasteiger partial charge < -0.3 is 5.32 Å². The molecule has 2 heteroatoms. The summed E-state index contributed by atoms with van der Waals surface area (Å²) in [4.78, 5) is 4.01. The molecule has 1 N–H and O–H groups in total. The van der Waals surface area contributed by atoms with Gasteiger partial charge in [-0.2, -0.15) is 0 Å². The Morgan fingerprint density at radius 3 is 1.74 bits per heavy atom. The van der Waals surface area contributed by atoms with Crippen LogP contribution in [-0.4, -0.2) is 12.0 Å². The molecule has 104 valence electrons. The minimum absolute atomic E-state index is 0.913. The number of hydrogen-bond acceptors (Lipinski definition) is 2. The topological polar surface area (TPSA) is 24.9 Å². The fourth-order valence-corrected chi connectivity index (χ4v) is 1.56. The van der Waals surface area contributed by atoms with Crippen molar-refractivity contribution >= 4 is 0 Å². The Labute approximate surface area is 117 Å². The Kier molecular flexibility index (Phi) is 10.4. The van der Waals surface area contributed by atoms with Crippen LogP contribution in [0.3, 0.4) is 0 Å². The number of pyridine rings is 1. The molecule has 1 aromatic carbocycles. The summed E-state index contributed by atoms with van der Waals surface area (Å²) in [6.45, 7) is 8.91. The van der Waals surface area contributed by atoms with Crippen molar-refractivity contribution in [2.45, 2.75) is 34.2 Å². The average Bonchev–Trinajstić information content (AvgIpc) is 2.53. The summed E-state index contributed by atoms with van der Waals surface area (Å²) in [7, 11) is 1.96. The highest BCUT2D eigenvalue weighted by Gasteiger charge is 1.96. The summed E-state index contributed by atoms with van der Waals surface area (Å²) in [6.07, 6.45) is 3.63. The second-order valence-corrected chi connectivity index (χ2v) is 3.46. The van der Waals surface area contributed by atoms with Crippen molar-refractivity contribution < 1.29 is 0 Å². The molecule has 0 aliphatic rings. The van der Waals surface area contributed by atoms with E-state index in [9.17, 15) is 0 Å². The number of aromatic nitrogens is 1. The van der Waals surface area contributed by atoms with Gasteiger partial charge in [0, 0.05) is 18.9 Å². The number of nitrogens with one attached hydrogen (secondary N) is 1. The molecule has 2 aromatic rings. The molecule has 19 heavy (non-hydrogen) atoms. The maximum atomic E-state index is 4.01. The monoisotopic (exact) mass is 258 g/mol. The molecule has 0 aliphatic heterocycles. The predicted molar refractivity (Wildman–Crippen MR) is 85.1 cm³/mol. The largest absolute Gasteiger partial charge is 0.316 e. The molecule has 2 nitrogen and oxygen atoms in total. The van der Waals surface area contributed by atoms with Crippen molar-refractivity contribution in [1.82, 2.24) is 10.3 Å². The predicted octanol–water partition coefficient (Wildman–Crippen LogP) is 4.52. The van der Waals surface area contributed by atoms with E-state index in [1.165, 1.54) is 16.7 Å². The summed E-state index contributed by atoms with van der Waals surface area (Å²) in [6, 6.07) is 12.6. The first-order chi connectivity index (χ1) is 9.40. The molecule has 0 unspecified atom stereocenters. The van der Waals surface area contributed by atoms with Gasteiger partial charge in [0.25, 0.3) is 0 Å². The third kappa shape index (κ3) is 6.16. The minimum atomic E-state index is 0.913. The molecule has 0 aliphatic carbocycles. The SMILES string of the molecule is CC.CC.CNCc1ccc(-c2ccncc2)cc1. The summed E-state index contributed by atoms with van der Waals surface area (Å²) in [5, 5.41) is 3.13. The Bertz CT molecular complexity index is 407. The lowest BCUT2D eigenvalue weighted by Gasteiger charge is -2.03. The van der Waals surface area contributed by atoms with E-state index in [1.807, 2.05) is 59.3 Å². The van der Waals surface area contributed by atoms with Gasteiger partial charge in [-0.3, -0.25) is 4.98 Å². The molecular weight excluding hydrogens is 232 g/mol. The van der Waals surface area contributed by atoms with Crippen LogP contribution in [0.4, 0.5) is 0 Å². The molecule has 0 fully saturated rings. The van der Waals surface area contributed by atoms with Crippen LogP contribution in [-0.2, 0) is 6.54 Å². The van der Waals surface area contributed by atoms with E-state index >= 15 is 0 Å². The van der Waals surface area contributed by atoms with E-state index in [0.717, 1.165) is 6.54 Å². The lowest BCUT2D eigenvalue weighted by Crippen LogP contribution is -2.04. The highest BCUT2D eigenvalue weighted by Crippen LogP contribution is 2.18. The number of nitrogens with zero attached hydrogens (tertiary/aromatic N) is 1. The van der Waals surface area contributed by atoms with Crippen molar-refractivity contribution in [1.29, 1.82) is 0 Å². The molecule has 0 spiro atoms. The minimum Gasteiger partial charge on any atom is -0.316 e. The number of benzene rings is 1. The third-order valence-corrected chi connectivity index (χ3v) is 2.35. The highest BCUT2D eigenvalue weighted by molar-refractivity contribution is 5.62. The summed E-state index contributed by atoms with van der Waals surface area (Å²) in [5.74, 6) is 0. The van der Waals surface area contributed by atoms with E-state index in [-0.39, 0.29) is 0 Å². The standard InChI is InChI=1S/C13H14N2.2C2H6/c1-14-10-11-2-4-12(5-3-11)13-6-8-15-9-7-13;2*1-2/h2-9,14H,10H2,1H3;2*1-2H3. The molecule has 0 amide bonds. The van der Waals surface area contributed by atoms with Gasteiger partial charge >= 0.3 is 0 Å². The van der Waals surface area contributed by atoms with Crippen LogP contribution in [0, 0.1) is 0 Å². The van der Waals surface area contributed by atoms with Crippen LogP contribution in [0.5, 0.6) is 0 Å². The quantitative estimate of drug-likeness (QED) is 0.875. The molecule has 0 bridgehead atoms. The normalized spacial score (nSPS) is 8.68. The summed E-state index contributed by atoms with van der Waals surface area (Å²) >= 11 is 0. The lowest BCUT2D eigenvalue weighted by molar-refractivity contribution is 0.818. The first-order valence-electron chi connectivity index (χ1n) is 7.04. The summed E-state index contributed by atoms with van der Waals surface area (Å²) < 4.78 is 0. The Morgan fingerprint density at radius 1 is 0.789 bits per heavy atom. The van der Waals surface area contributed by atoms with Gasteiger partial charge in [-0.25, -0.2) is 0 Å². The second-order valence-electron chi connectivity index (χ2n) is 3.46. The third-order valence-electron chi connectivity index (χ3n) is 2.35. The van der Waals surface area contributed by atoms with Gasteiger partial charge in [-0.15, -0.1) is 0 Å². The van der Waals surface area contributed by atoms with Crippen molar-refractivity contribution in [2.75, 3.05) is 7.05 Å². The molecule has 0 atom stereocenters. The van der Waals surface area contributed by atoms with Gasteiger partial charge in [0.05, 0.1) is 0 Å². The van der Waals surface area contributed by atoms with Crippen LogP contribution < -0.4 is 5.32 Å². The van der Waals surface area contributed by atoms with Gasteiger partial charge in [-0.1, -0.05) is 52.0 Å². The summed E-state index contributed by atoms with van der Waals surface area (Å²) in [5.41, 5.74) is 3.74. The Morgan fingerprint density at radius 2 is 1.26 bits per heavy atom. The Hall–Kier alpha value is -1.67. The first-order valence-corrected chi connectivity index (χ1v) is 7.04. The maximum Gasteiger partial charge on any atom is 0.0273 e. The number of rotatable bonds is 3. The zero-order valence-corrected chi connectivity index (χ0v) is 12.8. The van der Waals surface area contributed by atoms with Gasteiger partial charge in [-0.05, 0) is 35.9 Å². The van der Waals surface area contributed by atoms with E-state index in [2.05, 4.69) is 34.6 Å². The van der Waals surface area contributed by atoms with Gasteiger partial charge in [0.2, 0.25) is 0 Å². The van der Waals surface area contributed by atoms with E-state index in [1.54, 1.807) is 0 Å². The molecule has 0 saturated heterocycles. The van der Waals surface area contributed by atoms with Gasteiger partial charge in [0.1, 0.15) is 0 Å². The molecule has 0 radical (unpaired) electrons. The molecule has 1 heterocycles. The molecule has 1 aromatic heterocycles. The van der Waals surface area contributed by atoms with Crippen molar-refractivity contribution in [3.63, 3.8) is 0 Å². The molecular formula is C17H26N2. The molecule has 2 rings (SSSR count). The van der Waals surface area contributed by atoms with Crippen LogP contribution in [0.25, 0.3) is 11.1 Å². The average molecular weight is 258 g/mol. The fourth-order valence-electron chi connectivity index (χ4n) is 1.56. The van der Waals surface area contributed by atoms with Crippen LogP contribution in [0.2, 0.25) is 0 Å². The van der Waals surface area contributed by atoms with E-state index in [4.69, 9.17) is 0 Å². The van der Waals surface area contributed by atoms with E-state index < -0.39 is 0 Å². The zero-order chi connectivity index (χ0) is 14.5. The lowest BCUT2D eigenvalue weighted by atomic mass is 10.1. The first kappa shape index (κ1) is 17.3. The van der Waals surface area contributed by atoms with Crippen molar-refractivity contribution in [3.05, 3.63) is 54.4 Å². The van der Waals surface area contributed by atoms with Crippen LogP contribution >= 0.6 is 0 Å². The molecule has 0 saturated carbocycles. The maximum absolute atomic E-state index is 4.01. The smallest absolute Gasteiger partial charge is 0.0273 e. The highest BCUT2D eigenvalue weighted by atomic mass is 14.8. The van der Waals surface area contributed by atoms with Gasteiger partial charge in [0.15, 0.2) is 0 Å². The Balaban J connectivity index is 0.000000741. The van der Waals surface area contributed by atoms with E-state index in [0.29, 0.717) is 0 Å². The fraction of sp³-hybridized carbons (Fsp3) is 0.353.